The summed E-state index contributed by atoms with van der Waals surface area (Å²) in [6, 6.07) is 8.46. The van der Waals surface area contributed by atoms with E-state index in [1.807, 2.05) is 0 Å². The van der Waals surface area contributed by atoms with Gasteiger partial charge in [-0.15, -0.1) is 10.2 Å². The van der Waals surface area contributed by atoms with Crippen molar-refractivity contribution in [3.8, 4) is 0 Å². The fourth-order valence-corrected chi connectivity index (χ4v) is 2.48. The summed E-state index contributed by atoms with van der Waals surface area (Å²) in [7, 11) is 0. The molecule has 1 heterocycles. The Morgan fingerprint density at radius 3 is 3.00 bits per heavy atom. The first-order valence-electron chi connectivity index (χ1n) is 6.99. The van der Waals surface area contributed by atoms with Crippen LogP contribution >= 0.6 is 0 Å². The van der Waals surface area contributed by atoms with E-state index in [9.17, 15) is 0 Å². The third-order valence-corrected chi connectivity index (χ3v) is 3.58. The van der Waals surface area contributed by atoms with Gasteiger partial charge in [0.1, 0.15) is 0 Å². The van der Waals surface area contributed by atoms with Crippen LogP contribution in [0.1, 0.15) is 42.2 Å². The van der Waals surface area contributed by atoms with Crippen molar-refractivity contribution in [2.24, 2.45) is 0 Å². The zero-order valence-electron chi connectivity index (χ0n) is 11.2. The van der Waals surface area contributed by atoms with Gasteiger partial charge in [-0.25, -0.2) is 0 Å². The molecule has 0 saturated carbocycles. The Morgan fingerprint density at radius 1 is 1.26 bits per heavy atom. The van der Waals surface area contributed by atoms with Crippen LogP contribution in [0, 0.1) is 0 Å². The van der Waals surface area contributed by atoms with E-state index in [2.05, 4.69) is 46.7 Å². The minimum Gasteiger partial charge on any atom is -0.425 e. The van der Waals surface area contributed by atoms with E-state index in [1.165, 1.54) is 11.1 Å². The molecule has 0 amide bonds. The van der Waals surface area contributed by atoms with E-state index < -0.39 is 0 Å². The molecule has 0 radical (unpaired) electrons. The van der Waals surface area contributed by atoms with Gasteiger partial charge in [0.15, 0.2) is 0 Å². The summed E-state index contributed by atoms with van der Waals surface area (Å²) in [5.74, 6) is 1.81. The molecule has 0 fully saturated rings. The molecular weight excluding hydrogens is 238 g/mol. The number of nitrogens with zero attached hydrogens (tertiary/aromatic N) is 2. The van der Waals surface area contributed by atoms with Gasteiger partial charge in [-0.3, -0.25) is 0 Å². The maximum atomic E-state index is 5.76. The number of rotatable bonds is 6. The molecule has 1 aromatic carbocycles. The number of fused-ring (bicyclic) bond motifs is 1. The van der Waals surface area contributed by atoms with Crippen molar-refractivity contribution in [2.75, 3.05) is 13.1 Å². The zero-order valence-corrected chi connectivity index (χ0v) is 11.2. The van der Waals surface area contributed by atoms with Gasteiger partial charge in [0.2, 0.25) is 11.8 Å². The lowest BCUT2D eigenvalue weighted by atomic mass is 9.77. The lowest BCUT2D eigenvalue weighted by Gasteiger charge is -2.26. The van der Waals surface area contributed by atoms with Crippen molar-refractivity contribution in [2.45, 2.75) is 32.1 Å². The lowest BCUT2D eigenvalue weighted by Crippen LogP contribution is -2.18. The van der Waals surface area contributed by atoms with Gasteiger partial charge in [0, 0.05) is 13.0 Å². The molecule has 0 saturated heterocycles. The zero-order chi connectivity index (χ0) is 13.1. The molecule has 1 aliphatic carbocycles. The van der Waals surface area contributed by atoms with Gasteiger partial charge in [0.05, 0.1) is 5.92 Å². The number of hydrogen-bond acceptors (Lipinski definition) is 4. The summed E-state index contributed by atoms with van der Waals surface area (Å²) in [4.78, 5) is 0. The SMILES string of the molecule is CCCNCCc1nnc(C2Cc3ccccc32)o1. The molecule has 19 heavy (non-hydrogen) atoms. The van der Waals surface area contributed by atoms with Crippen LogP contribution in [0.4, 0.5) is 0 Å². The highest BCUT2D eigenvalue weighted by molar-refractivity contribution is 5.43. The molecule has 3 rings (SSSR count). The third kappa shape index (κ3) is 2.54. The number of benzene rings is 1. The van der Waals surface area contributed by atoms with E-state index in [4.69, 9.17) is 4.42 Å². The summed E-state index contributed by atoms with van der Waals surface area (Å²) in [5.41, 5.74) is 2.73. The van der Waals surface area contributed by atoms with Crippen molar-refractivity contribution in [1.29, 1.82) is 0 Å². The highest BCUT2D eigenvalue weighted by atomic mass is 16.4. The highest BCUT2D eigenvalue weighted by Gasteiger charge is 2.31. The predicted octanol–water partition coefficient (Wildman–Crippen LogP) is 2.30. The second-order valence-electron chi connectivity index (χ2n) is 4.99. The molecular formula is C15H19N3O. The first kappa shape index (κ1) is 12.4. The molecule has 0 bridgehead atoms. The van der Waals surface area contributed by atoms with Crippen LogP contribution in [-0.2, 0) is 12.8 Å². The molecule has 0 aliphatic heterocycles. The van der Waals surface area contributed by atoms with Crippen LogP contribution in [0.2, 0.25) is 0 Å². The fraction of sp³-hybridized carbons (Fsp3) is 0.467. The molecule has 2 aromatic rings. The largest absolute Gasteiger partial charge is 0.425 e. The predicted molar refractivity (Wildman–Crippen MR) is 73.2 cm³/mol. The van der Waals surface area contributed by atoms with Gasteiger partial charge in [-0.2, -0.15) is 0 Å². The molecule has 1 aromatic heterocycles. The van der Waals surface area contributed by atoms with Gasteiger partial charge < -0.3 is 9.73 Å². The first-order valence-corrected chi connectivity index (χ1v) is 6.99. The maximum Gasteiger partial charge on any atom is 0.224 e. The first-order chi connectivity index (χ1) is 9.38. The maximum absolute atomic E-state index is 5.76. The van der Waals surface area contributed by atoms with E-state index >= 15 is 0 Å². The van der Waals surface area contributed by atoms with Crippen LogP contribution in [0.25, 0.3) is 0 Å². The second kappa shape index (κ2) is 5.53. The third-order valence-electron chi connectivity index (χ3n) is 3.58. The van der Waals surface area contributed by atoms with Gasteiger partial charge in [0.25, 0.3) is 0 Å². The van der Waals surface area contributed by atoms with Gasteiger partial charge >= 0.3 is 0 Å². The van der Waals surface area contributed by atoms with E-state index in [0.717, 1.165) is 44.1 Å². The Hall–Kier alpha value is -1.68. The quantitative estimate of drug-likeness (QED) is 0.807. The van der Waals surface area contributed by atoms with E-state index in [0.29, 0.717) is 5.92 Å². The normalized spacial score (nSPS) is 17.0. The highest BCUT2D eigenvalue weighted by Crippen LogP contribution is 2.39. The molecule has 1 atom stereocenters. The molecule has 1 aliphatic rings. The van der Waals surface area contributed by atoms with E-state index in [-0.39, 0.29) is 0 Å². The number of nitrogens with one attached hydrogen (secondary N) is 1. The molecule has 1 unspecified atom stereocenters. The summed E-state index contributed by atoms with van der Waals surface area (Å²) < 4.78 is 5.76. The Balaban J connectivity index is 1.60. The molecule has 4 nitrogen and oxygen atoms in total. The molecule has 100 valence electrons. The van der Waals surface area contributed by atoms with Gasteiger partial charge in [-0.05, 0) is 30.5 Å². The monoisotopic (exact) mass is 257 g/mol. The minimum atomic E-state index is 0.307. The molecule has 1 N–H and O–H groups in total. The van der Waals surface area contributed by atoms with Crippen molar-refractivity contribution >= 4 is 0 Å². The Labute approximate surface area is 113 Å². The summed E-state index contributed by atoms with van der Waals surface area (Å²) in [5, 5.41) is 11.7. The van der Waals surface area contributed by atoms with Crippen LogP contribution in [-0.4, -0.2) is 23.3 Å². The van der Waals surface area contributed by atoms with Crippen LogP contribution in [0.15, 0.2) is 28.7 Å². The van der Waals surface area contributed by atoms with E-state index in [1.54, 1.807) is 0 Å². The lowest BCUT2D eigenvalue weighted by molar-refractivity contribution is 0.415. The molecule has 4 heteroatoms. The smallest absolute Gasteiger partial charge is 0.224 e. The number of aromatic nitrogens is 2. The fourth-order valence-electron chi connectivity index (χ4n) is 2.48. The number of hydrogen-bond donors (Lipinski definition) is 1. The van der Waals surface area contributed by atoms with Crippen LogP contribution < -0.4 is 5.32 Å². The average Bonchev–Trinajstić information content (AvgIpc) is 2.85. The Bertz CT molecular complexity index is 550. The van der Waals surface area contributed by atoms with Crippen molar-refractivity contribution in [3.63, 3.8) is 0 Å². The van der Waals surface area contributed by atoms with Crippen LogP contribution in [0.3, 0.4) is 0 Å². The minimum absolute atomic E-state index is 0.307. The summed E-state index contributed by atoms with van der Waals surface area (Å²) in [6.07, 6.45) is 2.97. The average molecular weight is 257 g/mol. The summed E-state index contributed by atoms with van der Waals surface area (Å²) >= 11 is 0. The van der Waals surface area contributed by atoms with Crippen molar-refractivity contribution < 1.29 is 4.42 Å². The molecule has 0 spiro atoms. The van der Waals surface area contributed by atoms with Crippen molar-refractivity contribution in [1.82, 2.24) is 15.5 Å². The summed E-state index contributed by atoms with van der Waals surface area (Å²) in [6.45, 7) is 4.10. The van der Waals surface area contributed by atoms with Gasteiger partial charge in [-0.1, -0.05) is 31.2 Å². The van der Waals surface area contributed by atoms with Crippen LogP contribution in [0.5, 0.6) is 0 Å². The Morgan fingerprint density at radius 2 is 2.16 bits per heavy atom. The second-order valence-corrected chi connectivity index (χ2v) is 4.99. The van der Waals surface area contributed by atoms with Crippen molar-refractivity contribution in [3.05, 3.63) is 47.2 Å². The topological polar surface area (TPSA) is 51.0 Å². The standard InChI is InChI=1S/C15H19N3O/c1-2-8-16-9-7-14-17-18-15(19-14)13-10-11-5-3-4-6-12(11)13/h3-6,13,16H,2,7-10H2,1H3. The Kier molecular flexibility index (Phi) is 3.60.